The fourth-order valence-corrected chi connectivity index (χ4v) is 3.98. The highest BCUT2D eigenvalue weighted by atomic mass is 35.5. The van der Waals surface area contributed by atoms with E-state index >= 15 is 0 Å². The van der Waals surface area contributed by atoms with Crippen molar-refractivity contribution in [3.05, 3.63) is 70.9 Å². The van der Waals surface area contributed by atoms with Crippen molar-refractivity contribution in [2.45, 2.75) is 39.7 Å². The zero-order valence-corrected chi connectivity index (χ0v) is 19.8. The number of hydrogen-bond acceptors (Lipinski definition) is 6. The van der Waals surface area contributed by atoms with Gasteiger partial charge in [0.05, 0.1) is 6.61 Å². The van der Waals surface area contributed by atoms with E-state index in [0.717, 1.165) is 42.5 Å². The highest BCUT2D eigenvalue weighted by Gasteiger charge is 2.20. The molecule has 3 heterocycles. The number of benzene rings is 1. The Balaban J connectivity index is 1.65. The summed E-state index contributed by atoms with van der Waals surface area (Å²) in [6, 6.07) is 13.2. The molecular weight excluding hydrogens is 456 g/mol. The number of nitrogens with zero attached hydrogens (tertiary/aromatic N) is 4. The summed E-state index contributed by atoms with van der Waals surface area (Å²) in [6.07, 6.45) is 4.46. The normalized spacial score (nSPS) is 11.0. The molecule has 4 rings (SSSR count). The van der Waals surface area contributed by atoms with E-state index < -0.39 is 6.16 Å². The van der Waals surface area contributed by atoms with Gasteiger partial charge in [-0.1, -0.05) is 55.3 Å². The van der Waals surface area contributed by atoms with Gasteiger partial charge < -0.3 is 14.0 Å². The molecule has 9 heteroatoms. The monoisotopic (exact) mass is 480 g/mol. The molecule has 4 aromatic rings. The summed E-state index contributed by atoms with van der Waals surface area (Å²) in [5.41, 5.74) is 3.29. The average molecular weight is 481 g/mol. The van der Waals surface area contributed by atoms with Gasteiger partial charge in [-0.3, -0.25) is 9.20 Å². The first-order valence-electron chi connectivity index (χ1n) is 11.2. The number of imidazole rings is 2. The fraction of sp³-hybridized carbons (Fsp3) is 0.280. The minimum Gasteiger partial charge on any atom is -0.434 e. The van der Waals surface area contributed by atoms with Crippen molar-refractivity contribution in [3.8, 4) is 17.1 Å². The standard InChI is InChI=1S/C25H25ClN4O4/c1-3-5-8-21-28-23(26)19(16-31)30(21)15-17-10-12-18(13-11-17)22-24(34-25(32)33-4-2)29-14-7-6-9-20(29)27-22/h6-7,9-14,16H,3-5,8,15H2,1-2H3. The van der Waals surface area contributed by atoms with Gasteiger partial charge in [-0.2, -0.15) is 0 Å². The molecule has 0 fully saturated rings. The van der Waals surface area contributed by atoms with Crippen LogP contribution in [-0.4, -0.2) is 38.0 Å². The molecule has 176 valence electrons. The van der Waals surface area contributed by atoms with Crippen molar-refractivity contribution < 1.29 is 19.1 Å². The lowest BCUT2D eigenvalue weighted by molar-refractivity contribution is 0.102. The van der Waals surface area contributed by atoms with Crippen molar-refractivity contribution >= 4 is 29.7 Å². The van der Waals surface area contributed by atoms with E-state index in [-0.39, 0.29) is 17.6 Å². The maximum atomic E-state index is 12.0. The SMILES string of the molecule is CCCCc1nc(Cl)c(C=O)n1Cc1ccc(-c2nc3ccccn3c2OC(=O)OCC)cc1. The van der Waals surface area contributed by atoms with Crippen molar-refractivity contribution in [2.24, 2.45) is 0 Å². The third-order valence-corrected chi connectivity index (χ3v) is 5.68. The van der Waals surface area contributed by atoms with Crippen LogP contribution >= 0.6 is 11.6 Å². The van der Waals surface area contributed by atoms with Crippen molar-refractivity contribution in [1.29, 1.82) is 0 Å². The van der Waals surface area contributed by atoms with Crippen LogP contribution in [0, 0.1) is 0 Å². The largest absolute Gasteiger partial charge is 0.515 e. The molecule has 0 bridgehead atoms. The molecule has 0 aliphatic heterocycles. The second kappa shape index (κ2) is 10.5. The predicted octanol–water partition coefficient (Wildman–Crippen LogP) is 5.59. The first-order chi connectivity index (χ1) is 16.5. The van der Waals surface area contributed by atoms with Crippen LogP contribution in [0.25, 0.3) is 16.9 Å². The molecule has 0 N–H and O–H groups in total. The molecule has 0 unspecified atom stereocenters. The van der Waals surface area contributed by atoms with E-state index in [1.165, 1.54) is 0 Å². The number of rotatable bonds is 9. The van der Waals surface area contributed by atoms with E-state index in [1.54, 1.807) is 17.5 Å². The van der Waals surface area contributed by atoms with Crippen LogP contribution in [0.3, 0.4) is 0 Å². The van der Waals surface area contributed by atoms with Gasteiger partial charge in [0.2, 0.25) is 5.88 Å². The topological polar surface area (TPSA) is 87.7 Å². The van der Waals surface area contributed by atoms with Crippen molar-refractivity contribution in [3.63, 3.8) is 0 Å². The zero-order chi connectivity index (χ0) is 24.1. The van der Waals surface area contributed by atoms with Gasteiger partial charge in [0.15, 0.2) is 11.4 Å². The second-order valence-electron chi connectivity index (χ2n) is 7.69. The number of aryl methyl sites for hydroxylation is 1. The third-order valence-electron chi connectivity index (χ3n) is 5.40. The van der Waals surface area contributed by atoms with Crippen LogP contribution in [0.2, 0.25) is 5.15 Å². The molecule has 3 aromatic heterocycles. The molecule has 0 aliphatic rings. The van der Waals surface area contributed by atoms with Crippen LogP contribution in [0.4, 0.5) is 4.79 Å². The molecule has 8 nitrogen and oxygen atoms in total. The Morgan fingerprint density at radius 2 is 1.91 bits per heavy atom. The summed E-state index contributed by atoms with van der Waals surface area (Å²) in [5, 5.41) is 0.225. The fourth-order valence-electron chi connectivity index (χ4n) is 3.73. The molecule has 0 radical (unpaired) electrons. The molecule has 0 aliphatic carbocycles. The Morgan fingerprint density at radius 3 is 2.62 bits per heavy atom. The lowest BCUT2D eigenvalue weighted by Gasteiger charge is -2.10. The molecule has 0 saturated carbocycles. The summed E-state index contributed by atoms with van der Waals surface area (Å²) in [7, 11) is 0. The minimum absolute atomic E-state index is 0.209. The van der Waals surface area contributed by atoms with Gasteiger partial charge in [-0.05, 0) is 31.0 Å². The number of unbranched alkanes of at least 4 members (excludes halogenated alkanes) is 1. The summed E-state index contributed by atoms with van der Waals surface area (Å²) >= 11 is 6.20. The van der Waals surface area contributed by atoms with Crippen LogP contribution < -0.4 is 4.74 Å². The molecular formula is C25H25ClN4O4. The number of hydrogen-bond donors (Lipinski definition) is 0. The van der Waals surface area contributed by atoms with E-state index in [1.807, 2.05) is 47.0 Å². The summed E-state index contributed by atoms with van der Waals surface area (Å²) in [6.45, 7) is 4.49. The Morgan fingerprint density at radius 1 is 1.12 bits per heavy atom. The Labute approximate surface area is 202 Å². The molecule has 0 atom stereocenters. The van der Waals surface area contributed by atoms with Gasteiger partial charge in [0.1, 0.15) is 22.9 Å². The van der Waals surface area contributed by atoms with Crippen LogP contribution in [0.5, 0.6) is 5.88 Å². The zero-order valence-electron chi connectivity index (χ0n) is 19.0. The number of ether oxygens (including phenoxy) is 2. The number of fused-ring (bicyclic) bond motifs is 1. The van der Waals surface area contributed by atoms with Gasteiger partial charge in [0.25, 0.3) is 0 Å². The van der Waals surface area contributed by atoms with Gasteiger partial charge >= 0.3 is 6.16 Å². The van der Waals surface area contributed by atoms with Crippen LogP contribution in [0.15, 0.2) is 48.7 Å². The quantitative estimate of drug-likeness (QED) is 0.229. The maximum Gasteiger partial charge on any atom is 0.515 e. The number of carbonyl (C=O) groups is 2. The van der Waals surface area contributed by atoms with Crippen molar-refractivity contribution in [1.82, 2.24) is 18.9 Å². The highest BCUT2D eigenvalue weighted by Crippen LogP contribution is 2.31. The second-order valence-corrected chi connectivity index (χ2v) is 8.05. The predicted molar refractivity (Wildman–Crippen MR) is 129 cm³/mol. The van der Waals surface area contributed by atoms with E-state index in [4.69, 9.17) is 21.1 Å². The molecule has 0 saturated heterocycles. The molecule has 34 heavy (non-hydrogen) atoms. The molecule has 1 aromatic carbocycles. The Kier molecular flexibility index (Phi) is 7.27. The average Bonchev–Trinajstić information content (AvgIpc) is 3.35. The summed E-state index contributed by atoms with van der Waals surface area (Å²) in [5.74, 6) is 1.08. The van der Waals surface area contributed by atoms with E-state index in [0.29, 0.717) is 23.6 Å². The minimum atomic E-state index is -0.788. The third kappa shape index (κ3) is 4.82. The molecule has 0 amide bonds. The van der Waals surface area contributed by atoms with Gasteiger partial charge in [0, 0.05) is 24.7 Å². The summed E-state index contributed by atoms with van der Waals surface area (Å²) < 4.78 is 14.0. The summed E-state index contributed by atoms with van der Waals surface area (Å²) in [4.78, 5) is 32.7. The maximum absolute atomic E-state index is 12.0. The smallest absolute Gasteiger partial charge is 0.434 e. The first-order valence-corrected chi connectivity index (χ1v) is 11.5. The van der Waals surface area contributed by atoms with Crippen molar-refractivity contribution in [2.75, 3.05) is 6.61 Å². The first kappa shape index (κ1) is 23.5. The molecule has 0 spiro atoms. The number of halogens is 1. The van der Waals surface area contributed by atoms with Gasteiger partial charge in [-0.25, -0.2) is 14.8 Å². The van der Waals surface area contributed by atoms with Crippen LogP contribution in [-0.2, 0) is 17.7 Å². The van der Waals surface area contributed by atoms with E-state index in [2.05, 4.69) is 16.9 Å². The Bertz CT molecular complexity index is 1310. The number of pyridine rings is 1. The van der Waals surface area contributed by atoms with Gasteiger partial charge in [-0.15, -0.1) is 0 Å². The Hall–Kier alpha value is -3.65. The number of carbonyl (C=O) groups excluding carboxylic acids is 2. The van der Waals surface area contributed by atoms with Crippen LogP contribution in [0.1, 0.15) is 48.6 Å². The highest BCUT2D eigenvalue weighted by molar-refractivity contribution is 6.31. The van der Waals surface area contributed by atoms with E-state index in [9.17, 15) is 9.59 Å². The number of aldehydes is 1. The lowest BCUT2D eigenvalue weighted by atomic mass is 10.1. The number of aromatic nitrogens is 4. The lowest BCUT2D eigenvalue weighted by Crippen LogP contribution is -2.12.